The van der Waals surface area contributed by atoms with Crippen molar-refractivity contribution in [3.8, 4) is 0 Å². The molecular formula is C8H20N2OSi. The fraction of sp³-hybridized carbons (Fsp3) is 0.875. The maximum Gasteiger partial charge on any atom is 0.309 e. The van der Waals surface area contributed by atoms with E-state index in [4.69, 9.17) is 0 Å². The summed E-state index contributed by atoms with van der Waals surface area (Å²) < 4.78 is 0. The van der Waals surface area contributed by atoms with Crippen LogP contribution in [0.15, 0.2) is 0 Å². The molecule has 0 rings (SSSR count). The molecule has 0 aliphatic rings. The van der Waals surface area contributed by atoms with Crippen LogP contribution in [0.2, 0.25) is 19.6 Å². The van der Waals surface area contributed by atoms with Crippen LogP contribution in [0.25, 0.3) is 0 Å². The molecule has 0 aliphatic carbocycles. The molecule has 0 aromatic carbocycles. The summed E-state index contributed by atoms with van der Waals surface area (Å²) >= 11 is 0. The van der Waals surface area contributed by atoms with E-state index in [1.807, 2.05) is 13.8 Å². The fourth-order valence-corrected chi connectivity index (χ4v) is 1.71. The summed E-state index contributed by atoms with van der Waals surface area (Å²) in [5.41, 5.74) is 0. The number of carbonyl (C=O) groups excluding carboxylic acids is 1. The van der Waals surface area contributed by atoms with Gasteiger partial charge in [-0.25, -0.2) is 4.79 Å². The summed E-state index contributed by atoms with van der Waals surface area (Å²) in [7, 11) is -1.46. The first-order valence-corrected chi connectivity index (χ1v) is 7.97. The highest BCUT2D eigenvalue weighted by atomic mass is 28.3. The van der Waals surface area contributed by atoms with Gasteiger partial charge in [-0.2, -0.15) is 0 Å². The Labute approximate surface area is 76.2 Å². The van der Waals surface area contributed by atoms with Gasteiger partial charge in [0.25, 0.3) is 0 Å². The number of carbonyl (C=O) groups is 1. The Bertz CT molecular complexity index is 150. The van der Waals surface area contributed by atoms with E-state index >= 15 is 0 Å². The maximum atomic E-state index is 11.5. The number of nitrogens with zero attached hydrogens (tertiary/aromatic N) is 1. The van der Waals surface area contributed by atoms with Crippen LogP contribution in [0.3, 0.4) is 0 Å². The molecule has 0 atom stereocenters. The summed E-state index contributed by atoms with van der Waals surface area (Å²) in [6, 6.07) is 0.0826. The van der Waals surface area contributed by atoms with Crippen LogP contribution >= 0.6 is 0 Å². The highest BCUT2D eigenvalue weighted by Gasteiger charge is 2.19. The summed E-state index contributed by atoms with van der Waals surface area (Å²) in [5, 5.41) is 0. The van der Waals surface area contributed by atoms with Crippen LogP contribution in [0.1, 0.15) is 13.8 Å². The zero-order valence-corrected chi connectivity index (χ0v) is 9.77. The van der Waals surface area contributed by atoms with Crippen molar-refractivity contribution >= 4 is 14.3 Å². The van der Waals surface area contributed by atoms with Crippen molar-refractivity contribution in [1.82, 2.24) is 9.88 Å². The molecule has 12 heavy (non-hydrogen) atoms. The predicted octanol–water partition coefficient (Wildman–Crippen LogP) is 1.87. The van der Waals surface area contributed by atoms with Crippen LogP contribution in [0, 0.1) is 0 Å². The molecule has 0 saturated heterocycles. The zero-order valence-electron chi connectivity index (χ0n) is 8.77. The van der Waals surface area contributed by atoms with E-state index < -0.39 is 8.24 Å². The minimum absolute atomic E-state index is 0.0826. The number of hydrogen-bond acceptors (Lipinski definition) is 1. The van der Waals surface area contributed by atoms with Gasteiger partial charge in [0.1, 0.15) is 8.24 Å². The third kappa shape index (κ3) is 4.38. The van der Waals surface area contributed by atoms with Gasteiger partial charge in [-0.1, -0.05) is 19.6 Å². The molecule has 2 amide bonds. The van der Waals surface area contributed by atoms with E-state index in [9.17, 15) is 4.79 Å². The quantitative estimate of drug-likeness (QED) is 0.674. The second-order valence-electron chi connectivity index (χ2n) is 3.85. The molecule has 0 spiro atoms. The van der Waals surface area contributed by atoms with Gasteiger partial charge in [-0.15, -0.1) is 0 Å². The Morgan fingerprint density at radius 3 is 1.92 bits per heavy atom. The van der Waals surface area contributed by atoms with Gasteiger partial charge in [0.15, 0.2) is 0 Å². The molecule has 4 heteroatoms. The van der Waals surface area contributed by atoms with Gasteiger partial charge in [0.2, 0.25) is 0 Å². The molecule has 0 aromatic heterocycles. The van der Waals surface area contributed by atoms with Crippen molar-refractivity contribution in [3.63, 3.8) is 0 Å². The first-order chi connectivity index (χ1) is 5.40. The lowest BCUT2D eigenvalue weighted by atomic mass is 10.5. The minimum atomic E-state index is -1.46. The van der Waals surface area contributed by atoms with Gasteiger partial charge in [-0.3, -0.25) is 0 Å². The van der Waals surface area contributed by atoms with E-state index in [0.717, 1.165) is 13.1 Å². The third-order valence-electron chi connectivity index (χ3n) is 1.53. The fourth-order valence-electron chi connectivity index (χ4n) is 0.911. The maximum absolute atomic E-state index is 11.5. The van der Waals surface area contributed by atoms with Gasteiger partial charge in [0, 0.05) is 13.1 Å². The van der Waals surface area contributed by atoms with Gasteiger partial charge in [-0.05, 0) is 13.8 Å². The standard InChI is InChI=1S/C8H20N2OSi/c1-6-10(7-2)8(11)9-12(3,4)5/h6-7H2,1-5H3,(H,9,11). The van der Waals surface area contributed by atoms with E-state index in [1.165, 1.54) is 0 Å². The average molecular weight is 188 g/mol. The largest absolute Gasteiger partial charge is 0.365 e. The van der Waals surface area contributed by atoms with Gasteiger partial charge < -0.3 is 9.88 Å². The number of hydrogen-bond donors (Lipinski definition) is 1. The number of amides is 2. The Morgan fingerprint density at radius 2 is 1.67 bits per heavy atom. The lowest BCUT2D eigenvalue weighted by molar-refractivity contribution is 0.209. The second kappa shape index (κ2) is 4.50. The molecule has 3 nitrogen and oxygen atoms in total. The lowest BCUT2D eigenvalue weighted by Gasteiger charge is -2.25. The molecule has 0 saturated carbocycles. The second-order valence-corrected chi connectivity index (χ2v) is 8.60. The smallest absolute Gasteiger partial charge is 0.309 e. The molecule has 72 valence electrons. The monoisotopic (exact) mass is 188 g/mol. The molecular weight excluding hydrogens is 168 g/mol. The topological polar surface area (TPSA) is 32.3 Å². The van der Waals surface area contributed by atoms with Crippen molar-refractivity contribution < 1.29 is 4.79 Å². The normalized spacial score (nSPS) is 11.1. The van der Waals surface area contributed by atoms with Crippen molar-refractivity contribution in [3.05, 3.63) is 0 Å². The molecule has 0 radical (unpaired) electrons. The molecule has 0 unspecified atom stereocenters. The highest BCUT2D eigenvalue weighted by Crippen LogP contribution is 1.97. The summed E-state index contributed by atoms with van der Waals surface area (Å²) in [4.78, 5) is 16.3. The van der Waals surface area contributed by atoms with E-state index in [-0.39, 0.29) is 6.03 Å². The Balaban J connectivity index is 4.02. The molecule has 1 N–H and O–H groups in total. The predicted molar refractivity (Wildman–Crippen MR) is 54.8 cm³/mol. The van der Waals surface area contributed by atoms with Gasteiger partial charge >= 0.3 is 6.03 Å². The van der Waals surface area contributed by atoms with Crippen molar-refractivity contribution in [1.29, 1.82) is 0 Å². The van der Waals surface area contributed by atoms with Gasteiger partial charge in [0.05, 0.1) is 0 Å². The minimum Gasteiger partial charge on any atom is -0.365 e. The van der Waals surface area contributed by atoms with Crippen LogP contribution in [0.4, 0.5) is 4.79 Å². The summed E-state index contributed by atoms with van der Waals surface area (Å²) in [6.07, 6.45) is 0. The number of nitrogens with one attached hydrogen (secondary N) is 1. The van der Waals surface area contributed by atoms with E-state index in [0.29, 0.717) is 0 Å². The summed E-state index contributed by atoms with van der Waals surface area (Å²) in [5.74, 6) is 0. The first kappa shape index (κ1) is 11.5. The summed E-state index contributed by atoms with van der Waals surface area (Å²) in [6.45, 7) is 11.9. The van der Waals surface area contributed by atoms with E-state index in [1.54, 1.807) is 4.90 Å². The molecule has 0 bridgehead atoms. The van der Waals surface area contributed by atoms with Crippen LogP contribution in [-0.2, 0) is 0 Å². The number of rotatable bonds is 3. The Morgan fingerprint density at radius 1 is 1.25 bits per heavy atom. The average Bonchev–Trinajstić information content (AvgIpc) is 1.85. The lowest BCUT2D eigenvalue weighted by Crippen LogP contribution is -2.51. The van der Waals surface area contributed by atoms with Crippen LogP contribution < -0.4 is 4.98 Å². The van der Waals surface area contributed by atoms with Crippen LogP contribution in [-0.4, -0.2) is 32.3 Å². The molecule has 0 fully saturated rings. The van der Waals surface area contributed by atoms with Crippen LogP contribution in [0.5, 0.6) is 0 Å². The zero-order chi connectivity index (χ0) is 9.78. The number of urea groups is 1. The van der Waals surface area contributed by atoms with Crippen molar-refractivity contribution in [2.24, 2.45) is 0 Å². The van der Waals surface area contributed by atoms with Crippen molar-refractivity contribution in [2.75, 3.05) is 13.1 Å². The van der Waals surface area contributed by atoms with E-state index in [2.05, 4.69) is 24.6 Å². The van der Waals surface area contributed by atoms with Crippen molar-refractivity contribution in [2.45, 2.75) is 33.5 Å². The molecule has 0 aromatic rings. The SMILES string of the molecule is CCN(CC)C(=O)N[Si](C)(C)C. The highest BCUT2D eigenvalue weighted by molar-refractivity contribution is 6.75. The Kier molecular flexibility index (Phi) is 4.30. The third-order valence-corrected chi connectivity index (χ3v) is 2.50. The first-order valence-electron chi connectivity index (χ1n) is 4.47. The molecule has 0 aliphatic heterocycles. The molecule has 0 heterocycles. The Hall–Kier alpha value is -0.513.